The number of carbonyl (C=O) groups is 1. The molecule has 0 aromatic heterocycles. The van der Waals surface area contributed by atoms with Crippen LogP contribution in [0.2, 0.25) is 0 Å². The minimum Gasteiger partial charge on any atom is -0.426 e. The number of anilines is 2. The predicted molar refractivity (Wildman–Crippen MR) is 93.8 cm³/mol. The van der Waals surface area contributed by atoms with Crippen LogP contribution in [0.15, 0.2) is 58.3 Å². The van der Waals surface area contributed by atoms with Gasteiger partial charge in [-0.05, 0) is 30.7 Å². The lowest BCUT2D eigenvalue weighted by atomic mass is 10.1. The van der Waals surface area contributed by atoms with Crippen molar-refractivity contribution in [2.75, 3.05) is 5.32 Å². The molecule has 3 aromatic rings. The average Bonchev–Trinajstić information content (AvgIpc) is 2.53. The molecule has 1 heterocycles. The van der Waals surface area contributed by atoms with Crippen molar-refractivity contribution in [2.45, 2.75) is 23.6 Å². The zero-order valence-corrected chi connectivity index (χ0v) is 13.7. The van der Waals surface area contributed by atoms with Gasteiger partial charge in [0.1, 0.15) is 5.75 Å². The molecule has 4 heteroatoms. The van der Waals surface area contributed by atoms with Crippen molar-refractivity contribution in [3.63, 3.8) is 0 Å². The van der Waals surface area contributed by atoms with Crippen LogP contribution in [0.3, 0.4) is 0 Å². The molecule has 0 fully saturated rings. The second-order valence-corrected chi connectivity index (χ2v) is 6.70. The van der Waals surface area contributed by atoms with Crippen molar-refractivity contribution in [1.82, 2.24) is 0 Å². The van der Waals surface area contributed by atoms with E-state index < -0.39 is 0 Å². The van der Waals surface area contributed by atoms with E-state index in [2.05, 4.69) is 30.4 Å². The van der Waals surface area contributed by atoms with Crippen molar-refractivity contribution < 1.29 is 9.53 Å². The Morgan fingerprint density at radius 1 is 1.04 bits per heavy atom. The summed E-state index contributed by atoms with van der Waals surface area (Å²) in [5.74, 6) is 0.303. The van der Waals surface area contributed by atoms with Crippen LogP contribution in [0.1, 0.15) is 12.5 Å². The summed E-state index contributed by atoms with van der Waals surface area (Å²) in [6.07, 6.45) is 0. The Kier molecular flexibility index (Phi) is 3.27. The zero-order valence-electron chi connectivity index (χ0n) is 12.8. The van der Waals surface area contributed by atoms with E-state index in [4.69, 9.17) is 4.74 Å². The van der Waals surface area contributed by atoms with E-state index in [1.165, 1.54) is 17.4 Å². The number of carbonyl (C=O) groups excluding carboxylic acids is 1. The fourth-order valence-electron chi connectivity index (χ4n) is 2.84. The summed E-state index contributed by atoms with van der Waals surface area (Å²) < 4.78 is 5.43. The molecule has 0 radical (unpaired) electrons. The molecule has 0 amide bonds. The molecule has 4 rings (SSSR count). The van der Waals surface area contributed by atoms with Crippen molar-refractivity contribution in [1.29, 1.82) is 0 Å². The SMILES string of the molecule is CC(=O)Oc1cc2c(c3ccccc13)Nc1ccc(C)cc1S2. The number of hydrogen-bond acceptors (Lipinski definition) is 4. The number of aryl methyl sites for hydroxylation is 1. The first-order valence-electron chi connectivity index (χ1n) is 7.41. The molecule has 0 spiro atoms. The smallest absolute Gasteiger partial charge is 0.308 e. The molecule has 0 aliphatic carbocycles. The van der Waals surface area contributed by atoms with Gasteiger partial charge in [-0.2, -0.15) is 0 Å². The van der Waals surface area contributed by atoms with Crippen LogP contribution in [-0.2, 0) is 4.79 Å². The van der Waals surface area contributed by atoms with Gasteiger partial charge in [-0.25, -0.2) is 0 Å². The van der Waals surface area contributed by atoms with Crippen LogP contribution in [0.5, 0.6) is 5.75 Å². The minimum atomic E-state index is -0.305. The topological polar surface area (TPSA) is 38.3 Å². The molecule has 3 nitrogen and oxygen atoms in total. The molecule has 114 valence electrons. The molecule has 3 aromatic carbocycles. The largest absolute Gasteiger partial charge is 0.426 e. The maximum Gasteiger partial charge on any atom is 0.308 e. The van der Waals surface area contributed by atoms with Gasteiger partial charge in [0.25, 0.3) is 0 Å². The Morgan fingerprint density at radius 3 is 2.61 bits per heavy atom. The fraction of sp³-hybridized carbons (Fsp3) is 0.105. The highest BCUT2D eigenvalue weighted by Crippen LogP contribution is 2.49. The highest BCUT2D eigenvalue weighted by molar-refractivity contribution is 7.99. The zero-order chi connectivity index (χ0) is 16.0. The van der Waals surface area contributed by atoms with Gasteiger partial charge in [-0.3, -0.25) is 4.79 Å². The van der Waals surface area contributed by atoms with E-state index in [1.807, 2.05) is 30.3 Å². The quantitative estimate of drug-likeness (QED) is 0.382. The normalized spacial score (nSPS) is 12.3. The van der Waals surface area contributed by atoms with Crippen molar-refractivity contribution >= 4 is 39.9 Å². The third-order valence-electron chi connectivity index (χ3n) is 3.84. The molecule has 0 unspecified atom stereocenters. The number of hydrogen-bond donors (Lipinski definition) is 1. The molecular weight excluding hydrogens is 306 g/mol. The molecule has 1 aliphatic heterocycles. The van der Waals surface area contributed by atoms with Gasteiger partial charge in [0.2, 0.25) is 0 Å². The summed E-state index contributed by atoms with van der Waals surface area (Å²) in [4.78, 5) is 13.7. The average molecular weight is 321 g/mol. The molecule has 0 saturated heterocycles. The van der Waals surface area contributed by atoms with Crippen molar-refractivity contribution in [3.8, 4) is 5.75 Å². The standard InChI is InChI=1S/C19H15NO2S/c1-11-7-8-15-17(9-11)23-18-10-16(22-12(2)21)13-5-3-4-6-14(13)19(18)20-15/h3-10,20H,1-2H3. The van der Waals surface area contributed by atoms with Gasteiger partial charge in [-0.1, -0.05) is 42.1 Å². The Bertz CT molecular complexity index is 949. The highest BCUT2D eigenvalue weighted by atomic mass is 32.2. The summed E-state index contributed by atoms with van der Waals surface area (Å²) in [7, 11) is 0. The van der Waals surface area contributed by atoms with E-state index in [0.29, 0.717) is 5.75 Å². The van der Waals surface area contributed by atoms with Crippen LogP contribution in [0.4, 0.5) is 11.4 Å². The summed E-state index contributed by atoms with van der Waals surface area (Å²) in [5.41, 5.74) is 3.40. The molecular formula is C19H15NO2S. The first-order chi connectivity index (χ1) is 11.1. The van der Waals surface area contributed by atoms with Gasteiger partial charge in [0, 0.05) is 27.5 Å². The lowest BCUT2D eigenvalue weighted by Crippen LogP contribution is -2.05. The third-order valence-corrected chi connectivity index (χ3v) is 4.94. The lowest BCUT2D eigenvalue weighted by molar-refractivity contribution is -0.131. The lowest BCUT2D eigenvalue weighted by Gasteiger charge is -2.23. The van der Waals surface area contributed by atoms with Crippen LogP contribution in [0, 0.1) is 6.92 Å². The highest BCUT2D eigenvalue weighted by Gasteiger charge is 2.20. The first-order valence-corrected chi connectivity index (χ1v) is 8.23. The van der Waals surface area contributed by atoms with Crippen LogP contribution < -0.4 is 10.1 Å². The third kappa shape index (κ3) is 2.45. The molecule has 23 heavy (non-hydrogen) atoms. The monoisotopic (exact) mass is 321 g/mol. The number of esters is 1. The Balaban J connectivity index is 1.93. The summed E-state index contributed by atoms with van der Waals surface area (Å²) in [6, 6.07) is 16.3. The van der Waals surface area contributed by atoms with Gasteiger partial charge < -0.3 is 10.1 Å². The maximum atomic E-state index is 11.4. The summed E-state index contributed by atoms with van der Waals surface area (Å²) >= 11 is 1.70. The number of rotatable bonds is 1. The molecule has 1 N–H and O–H groups in total. The summed E-state index contributed by atoms with van der Waals surface area (Å²) in [6.45, 7) is 3.51. The van der Waals surface area contributed by atoms with Gasteiger partial charge in [0.15, 0.2) is 0 Å². The van der Waals surface area contributed by atoms with Crippen LogP contribution in [0.25, 0.3) is 10.8 Å². The molecule has 1 aliphatic rings. The second-order valence-electron chi connectivity index (χ2n) is 5.61. The predicted octanol–water partition coefficient (Wildman–Crippen LogP) is 5.28. The van der Waals surface area contributed by atoms with Crippen molar-refractivity contribution in [2.24, 2.45) is 0 Å². The van der Waals surface area contributed by atoms with Gasteiger partial charge >= 0.3 is 5.97 Å². The van der Waals surface area contributed by atoms with Crippen molar-refractivity contribution in [3.05, 3.63) is 54.1 Å². The van der Waals surface area contributed by atoms with E-state index in [1.54, 1.807) is 11.8 Å². The van der Waals surface area contributed by atoms with Gasteiger partial charge in [0.05, 0.1) is 11.4 Å². The number of ether oxygens (including phenoxy) is 1. The van der Waals surface area contributed by atoms with E-state index >= 15 is 0 Å². The summed E-state index contributed by atoms with van der Waals surface area (Å²) in [5, 5.41) is 5.52. The maximum absolute atomic E-state index is 11.4. The van der Waals surface area contributed by atoms with Gasteiger partial charge in [-0.15, -0.1) is 0 Å². The Morgan fingerprint density at radius 2 is 1.83 bits per heavy atom. The van der Waals surface area contributed by atoms with E-state index in [-0.39, 0.29) is 5.97 Å². The second kappa shape index (κ2) is 5.32. The van der Waals surface area contributed by atoms with Crippen LogP contribution in [-0.4, -0.2) is 5.97 Å². The fourth-order valence-corrected chi connectivity index (χ4v) is 3.98. The number of fused-ring (bicyclic) bond motifs is 4. The Hall–Kier alpha value is -2.46. The molecule has 0 bridgehead atoms. The van der Waals surface area contributed by atoms with E-state index in [9.17, 15) is 4.79 Å². The minimum absolute atomic E-state index is 0.305. The number of nitrogens with one attached hydrogen (secondary N) is 1. The first kappa shape index (κ1) is 14.2. The molecule has 0 saturated carbocycles. The Labute approximate surface area is 138 Å². The van der Waals surface area contributed by atoms with Crippen LogP contribution >= 0.6 is 11.8 Å². The molecule has 0 atom stereocenters. The number of benzene rings is 3. The van der Waals surface area contributed by atoms with E-state index in [0.717, 1.165) is 27.0 Å².